The molecule has 1 aromatic rings. The van der Waals surface area contributed by atoms with Gasteiger partial charge in [0.1, 0.15) is 5.75 Å². The first-order chi connectivity index (χ1) is 7.33. The van der Waals surface area contributed by atoms with E-state index in [1.807, 2.05) is 12.1 Å². The second-order valence-electron chi connectivity index (χ2n) is 4.18. The number of aryl methyl sites for hydroxylation is 1. The van der Waals surface area contributed by atoms with E-state index in [0.29, 0.717) is 5.75 Å². The summed E-state index contributed by atoms with van der Waals surface area (Å²) in [4.78, 5) is 0. The van der Waals surface area contributed by atoms with Gasteiger partial charge in [0.25, 0.3) is 0 Å². The summed E-state index contributed by atoms with van der Waals surface area (Å²) in [5, 5.41) is 9.13. The molecule has 0 saturated carbocycles. The minimum absolute atomic E-state index is 0. The standard InChI is InChI=1S/C14H22O.Ca.H2S.2H/c1-2-3-4-5-6-7-8-13-9-11-14(15)12-10-13;;;;/h9-12,15H,2-8H2,1H3;;1H2;;. The van der Waals surface area contributed by atoms with E-state index in [0.717, 1.165) is 6.42 Å². The van der Waals surface area contributed by atoms with Gasteiger partial charge < -0.3 is 5.11 Å². The Morgan fingerprint density at radius 2 is 1.41 bits per heavy atom. The molecule has 0 aliphatic rings. The van der Waals surface area contributed by atoms with Crippen molar-refractivity contribution in [2.75, 3.05) is 0 Å². The SMILES string of the molecule is CCCCCCCCc1ccc(O)cc1.S.[CaH2]. The zero-order valence-corrected chi connectivity index (χ0v) is 11.2. The number of phenols is 1. The Bertz CT molecular complexity index is 261. The molecule has 0 heterocycles. The normalized spacial score (nSPS) is 9.24. The molecule has 0 fully saturated rings. The quantitative estimate of drug-likeness (QED) is 0.599. The van der Waals surface area contributed by atoms with Crippen LogP contribution in [0, 0.1) is 0 Å². The first-order valence-electron chi connectivity index (χ1n) is 6.11. The van der Waals surface area contributed by atoms with E-state index in [-0.39, 0.29) is 51.2 Å². The van der Waals surface area contributed by atoms with Crippen LogP contribution in [-0.2, 0) is 6.42 Å². The molecular formula is C14H26CaOS. The molecule has 1 rings (SSSR count). The summed E-state index contributed by atoms with van der Waals surface area (Å²) in [6.07, 6.45) is 9.19. The molecular weight excluding hydrogens is 256 g/mol. The predicted octanol–water partition coefficient (Wildman–Crippen LogP) is 3.49. The van der Waals surface area contributed by atoms with E-state index >= 15 is 0 Å². The van der Waals surface area contributed by atoms with Crippen molar-refractivity contribution in [2.24, 2.45) is 0 Å². The van der Waals surface area contributed by atoms with E-state index < -0.39 is 0 Å². The summed E-state index contributed by atoms with van der Waals surface area (Å²) in [5.41, 5.74) is 1.34. The predicted molar refractivity (Wildman–Crippen MR) is 84.1 cm³/mol. The maximum absolute atomic E-state index is 9.13. The van der Waals surface area contributed by atoms with Gasteiger partial charge in [0.2, 0.25) is 0 Å². The molecule has 1 N–H and O–H groups in total. The van der Waals surface area contributed by atoms with Crippen LogP contribution in [0.15, 0.2) is 24.3 Å². The average molecular weight is 283 g/mol. The van der Waals surface area contributed by atoms with Crippen LogP contribution < -0.4 is 0 Å². The van der Waals surface area contributed by atoms with E-state index in [4.69, 9.17) is 5.11 Å². The molecule has 0 unspecified atom stereocenters. The summed E-state index contributed by atoms with van der Waals surface area (Å²) in [6, 6.07) is 7.57. The molecule has 0 aliphatic heterocycles. The van der Waals surface area contributed by atoms with Crippen molar-refractivity contribution in [3.63, 3.8) is 0 Å². The van der Waals surface area contributed by atoms with Crippen molar-refractivity contribution in [2.45, 2.75) is 51.9 Å². The Morgan fingerprint density at radius 1 is 0.882 bits per heavy atom. The van der Waals surface area contributed by atoms with Crippen molar-refractivity contribution in [1.29, 1.82) is 0 Å². The number of aromatic hydroxyl groups is 1. The molecule has 1 nitrogen and oxygen atoms in total. The van der Waals surface area contributed by atoms with Gasteiger partial charge in [-0.1, -0.05) is 51.2 Å². The van der Waals surface area contributed by atoms with E-state index in [1.165, 1.54) is 44.1 Å². The van der Waals surface area contributed by atoms with Crippen molar-refractivity contribution in [1.82, 2.24) is 0 Å². The van der Waals surface area contributed by atoms with Crippen LogP contribution in [0.4, 0.5) is 0 Å². The Morgan fingerprint density at radius 3 is 2.00 bits per heavy atom. The number of rotatable bonds is 7. The second kappa shape index (κ2) is 13.1. The molecule has 0 saturated heterocycles. The Labute approximate surface area is 142 Å². The van der Waals surface area contributed by atoms with Gasteiger partial charge in [-0.25, -0.2) is 0 Å². The van der Waals surface area contributed by atoms with Crippen LogP contribution in [0.3, 0.4) is 0 Å². The molecule has 0 aromatic heterocycles. The van der Waals surface area contributed by atoms with Crippen LogP contribution in [0.25, 0.3) is 0 Å². The summed E-state index contributed by atoms with van der Waals surface area (Å²) < 4.78 is 0. The van der Waals surface area contributed by atoms with Crippen molar-refractivity contribution < 1.29 is 5.11 Å². The van der Waals surface area contributed by atoms with Gasteiger partial charge in [-0.05, 0) is 30.5 Å². The molecule has 96 valence electrons. The van der Waals surface area contributed by atoms with Crippen molar-refractivity contribution in [3.8, 4) is 5.75 Å². The fourth-order valence-electron chi connectivity index (χ4n) is 1.77. The average Bonchev–Trinajstić information content (AvgIpc) is 2.26. The molecule has 3 heteroatoms. The molecule has 0 radical (unpaired) electrons. The molecule has 17 heavy (non-hydrogen) atoms. The van der Waals surface area contributed by atoms with E-state index in [9.17, 15) is 0 Å². The van der Waals surface area contributed by atoms with Gasteiger partial charge in [-0.15, -0.1) is 0 Å². The topological polar surface area (TPSA) is 20.2 Å². The zero-order valence-electron chi connectivity index (χ0n) is 10.2. The van der Waals surface area contributed by atoms with Crippen LogP contribution in [0.2, 0.25) is 0 Å². The number of benzene rings is 1. The van der Waals surface area contributed by atoms with Gasteiger partial charge in [0.05, 0.1) is 0 Å². The first kappa shape index (κ1) is 20.0. The molecule has 1 aromatic carbocycles. The minimum atomic E-state index is 0. The third-order valence-corrected chi connectivity index (χ3v) is 2.76. The van der Waals surface area contributed by atoms with Gasteiger partial charge in [0.15, 0.2) is 0 Å². The monoisotopic (exact) mass is 282 g/mol. The van der Waals surface area contributed by atoms with E-state index in [2.05, 4.69) is 6.92 Å². The van der Waals surface area contributed by atoms with Crippen LogP contribution in [0.1, 0.15) is 51.0 Å². The number of unbranched alkanes of at least 4 members (excludes halogenated alkanes) is 5. The number of hydrogen-bond donors (Lipinski definition) is 1. The summed E-state index contributed by atoms with van der Waals surface area (Å²) in [5.74, 6) is 0.363. The molecule has 0 amide bonds. The zero-order chi connectivity index (χ0) is 10.9. The van der Waals surface area contributed by atoms with Crippen LogP contribution in [0.5, 0.6) is 5.75 Å². The molecule has 0 atom stereocenters. The third-order valence-electron chi connectivity index (χ3n) is 2.76. The van der Waals surface area contributed by atoms with Crippen molar-refractivity contribution >= 4 is 51.2 Å². The molecule has 0 spiro atoms. The summed E-state index contributed by atoms with van der Waals surface area (Å²) >= 11 is 0. The summed E-state index contributed by atoms with van der Waals surface area (Å²) in [6.45, 7) is 2.25. The third kappa shape index (κ3) is 10.3. The van der Waals surface area contributed by atoms with Gasteiger partial charge >= 0.3 is 37.7 Å². The number of phenolic OH excluding ortho intramolecular Hbond substituents is 1. The van der Waals surface area contributed by atoms with E-state index in [1.54, 1.807) is 12.1 Å². The number of hydrogen-bond acceptors (Lipinski definition) is 1. The fourth-order valence-corrected chi connectivity index (χ4v) is 1.77. The Hall–Kier alpha value is 0.630. The summed E-state index contributed by atoms with van der Waals surface area (Å²) in [7, 11) is 0. The van der Waals surface area contributed by atoms with Crippen LogP contribution >= 0.6 is 13.5 Å². The maximum atomic E-state index is 9.13. The second-order valence-corrected chi connectivity index (χ2v) is 4.18. The van der Waals surface area contributed by atoms with Gasteiger partial charge in [-0.3, -0.25) is 0 Å². The van der Waals surface area contributed by atoms with Gasteiger partial charge in [0, 0.05) is 0 Å². The fraction of sp³-hybridized carbons (Fsp3) is 0.571. The molecule has 0 bridgehead atoms. The van der Waals surface area contributed by atoms with Crippen molar-refractivity contribution in [3.05, 3.63) is 29.8 Å². The van der Waals surface area contributed by atoms with Gasteiger partial charge in [-0.2, -0.15) is 13.5 Å². The molecule has 0 aliphatic carbocycles. The van der Waals surface area contributed by atoms with Crippen LogP contribution in [-0.4, -0.2) is 42.8 Å². The first-order valence-corrected chi connectivity index (χ1v) is 6.11. The Balaban J connectivity index is 0. The Kier molecular flexibility index (Phi) is 15.3.